The molecule has 6 heteroatoms. The van der Waals surface area contributed by atoms with Crippen molar-refractivity contribution in [3.63, 3.8) is 0 Å². The Morgan fingerprint density at radius 1 is 1.19 bits per heavy atom. The van der Waals surface area contributed by atoms with Gasteiger partial charge in [-0.05, 0) is 35.9 Å². The van der Waals surface area contributed by atoms with Gasteiger partial charge < -0.3 is 14.8 Å². The predicted octanol–water partition coefficient (Wildman–Crippen LogP) is 3.71. The third-order valence-electron chi connectivity index (χ3n) is 2.98. The number of nitrogens with one attached hydrogen (secondary N) is 1. The largest absolute Gasteiger partial charge is 0.506 e. The number of nitrogens with zero attached hydrogens (tertiary/aromatic N) is 2. The van der Waals surface area contributed by atoms with E-state index in [2.05, 4.69) is 15.5 Å². The molecule has 3 rings (SSSR count). The maximum atomic E-state index is 9.40. The normalized spacial score (nSPS) is 10.5. The van der Waals surface area contributed by atoms with Crippen LogP contribution in [0.4, 0.5) is 5.69 Å². The fourth-order valence-electron chi connectivity index (χ4n) is 1.93. The number of rotatable bonds is 4. The van der Waals surface area contributed by atoms with Crippen molar-refractivity contribution in [1.82, 2.24) is 10.2 Å². The van der Waals surface area contributed by atoms with Crippen molar-refractivity contribution in [2.75, 3.05) is 5.32 Å². The molecule has 0 spiro atoms. The van der Waals surface area contributed by atoms with Crippen molar-refractivity contribution in [2.24, 2.45) is 0 Å². The van der Waals surface area contributed by atoms with Crippen LogP contribution in [0.15, 0.2) is 53.3 Å². The highest BCUT2D eigenvalue weighted by molar-refractivity contribution is 6.32. The van der Waals surface area contributed by atoms with Gasteiger partial charge in [-0.15, -0.1) is 10.2 Å². The molecule has 0 atom stereocenters. The number of aromatic hydroxyl groups is 1. The molecule has 0 bridgehead atoms. The van der Waals surface area contributed by atoms with Gasteiger partial charge in [0.25, 0.3) is 0 Å². The van der Waals surface area contributed by atoms with E-state index in [0.29, 0.717) is 17.5 Å². The Balaban J connectivity index is 1.73. The second-order valence-electron chi connectivity index (χ2n) is 4.46. The first-order valence-electron chi connectivity index (χ1n) is 6.30. The third kappa shape index (κ3) is 3.14. The quantitative estimate of drug-likeness (QED) is 0.768. The van der Waals surface area contributed by atoms with Gasteiger partial charge in [-0.25, -0.2) is 0 Å². The highest BCUT2D eigenvalue weighted by atomic mass is 35.5. The van der Waals surface area contributed by atoms with Crippen LogP contribution in [0, 0.1) is 0 Å². The summed E-state index contributed by atoms with van der Waals surface area (Å²) in [6.45, 7) is 0.591. The topological polar surface area (TPSA) is 71.2 Å². The summed E-state index contributed by atoms with van der Waals surface area (Å²) in [5.41, 5.74) is 2.75. The van der Waals surface area contributed by atoms with E-state index >= 15 is 0 Å². The van der Waals surface area contributed by atoms with Crippen LogP contribution in [0.1, 0.15) is 5.56 Å². The van der Waals surface area contributed by atoms with Crippen LogP contribution in [0.3, 0.4) is 0 Å². The van der Waals surface area contributed by atoms with Crippen LogP contribution in [0.2, 0.25) is 5.02 Å². The first kappa shape index (κ1) is 13.5. The second kappa shape index (κ2) is 5.85. The van der Waals surface area contributed by atoms with Gasteiger partial charge in [0, 0.05) is 17.8 Å². The Hall–Kier alpha value is -2.53. The van der Waals surface area contributed by atoms with Crippen LogP contribution in [0.5, 0.6) is 5.75 Å². The second-order valence-corrected chi connectivity index (χ2v) is 4.87. The first-order valence-corrected chi connectivity index (χ1v) is 6.68. The summed E-state index contributed by atoms with van der Waals surface area (Å²) in [7, 11) is 0. The van der Waals surface area contributed by atoms with E-state index in [1.807, 2.05) is 30.3 Å². The summed E-state index contributed by atoms with van der Waals surface area (Å²) in [5, 5.41) is 20.6. The van der Waals surface area contributed by atoms with E-state index in [1.54, 1.807) is 12.1 Å². The molecule has 2 aromatic carbocycles. The van der Waals surface area contributed by atoms with Gasteiger partial charge in [-0.2, -0.15) is 0 Å². The Kier molecular flexibility index (Phi) is 3.75. The molecule has 0 amide bonds. The maximum absolute atomic E-state index is 9.40. The number of benzene rings is 2. The predicted molar refractivity (Wildman–Crippen MR) is 80.2 cm³/mol. The molecule has 0 unspecified atom stereocenters. The SMILES string of the molecule is Oc1ccc(CNc2cccc(-c3nnco3)c2)cc1Cl. The van der Waals surface area contributed by atoms with Crippen LogP contribution in [0.25, 0.3) is 11.5 Å². The summed E-state index contributed by atoms with van der Waals surface area (Å²) in [5.74, 6) is 0.560. The van der Waals surface area contributed by atoms with Crippen molar-refractivity contribution < 1.29 is 9.52 Å². The summed E-state index contributed by atoms with van der Waals surface area (Å²) < 4.78 is 5.17. The molecule has 0 saturated heterocycles. The van der Waals surface area contributed by atoms with Gasteiger partial charge in [0.2, 0.25) is 12.3 Å². The number of phenols is 1. The van der Waals surface area contributed by atoms with Gasteiger partial charge in [-0.1, -0.05) is 23.7 Å². The summed E-state index contributed by atoms with van der Waals surface area (Å²) >= 11 is 5.88. The van der Waals surface area contributed by atoms with Gasteiger partial charge in [0.1, 0.15) is 5.75 Å². The van der Waals surface area contributed by atoms with Crippen molar-refractivity contribution in [3.05, 3.63) is 59.4 Å². The molecule has 1 aromatic heterocycles. The minimum atomic E-state index is 0.0822. The monoisotopic (exact) mass is 301 g/mol. The fraction of sp³-hybridized carbons (Fsp3) is 0.0667. The number of halogens is 1. The van der Waals surface area contributed by atoms with Crippen molar-refractivity contribution in [2.45, 2.75) is 6.54 Å². The van der Waals surface area contributed by atoms with E-state index in [1.165, 1.54) is 6.39 Å². The van der Waals surface area contributed by atoms with Crippen molar-refractivity contribution in [3.8, 4) is 17.2 Å². The molecule has 0 saturated carbocycles. The molecule has 0 radical (unpaired) electrons. The molecule has 1 heterocycles. The Morgan fingerprint density at radius 2 is 2.10 bits per heavy atom. The van der Waals surface area contributed by atoms with Crippen LogP contribution in [-0.2, 0) is 6.54 Å². The molecule has 0 aliphatic heterocycles. The van der Waals surface area contributed by atoms with E-state index in [4.69, 9.17) is 16.0 Å². The van der Waals surface area contributed by atoms with Crippen LogP contribution < -0.4 is 5.32 Å². The lowest BCUT2D eigenvalue weighted by atomic mass is 10.2. The molecule has 2 N–H and O–H groups in total. The standard InChI is InChI=1S/C15H12ClN3O2/c16-13-6-10(4-5-14(13)20)8-17-12-3-1-2-11(7-12)15-19-18-9-21-15/h1-7,9,17,20H,8H2. The molecule has 0 fully saturated rings. The number of anilines is 1. The molecule has 106 valence electrons. The zero-order valence-corrected chi connectivity index (χ0v) is 11.7. The van der Waals surface area contributed by atoms with Gasteiger partial charge in [0.15, 0.2) is 0 Å². The lowest BCUT2D eigenvalue weighted by molar-refractivity contribution is 0.475. The summed E-state index contributed by atoms with van der Waals surface area (Å²) in [6.07, 6.45) is 1.30. The highest BCUT2D eigenvalue weighted by Crippen LogP contribution is 2.25. The molecule has 5 nitrogen and oxygen atoms in total. The van der Waals surface area contributed by atoms with Gasteiger partial charge in [0.05, 0.1) is 5.02 Å². The lowest BCUT2D eigenvalue weighted by Gasteiger charge is -2.08. The summed E-state index contributed by atoms with van der Waals surface area (Å²) in [6, 6.07) is 12.8. The molecule has 0 aliphatic carbocycles. The lowest BCUT2D eigenvalue weighted by Crippen LogP contribution is -1.99. The van der Waals surface area contributed by atoms with Gasteiger partial charge >= 0.3 is 0 Å². The number of hydrogen-bond acceptors (Lipinski definition) is 5. The van der Waals surface area contributed by atoms with Crippen molar-refractivity contribution in [1.29, 1.82) is 0 Å². The summed E-state index contributed by atoms with van der Waals surface area (Å²) in [4.78, 5) is 0. The molecule has 3 aromatic rings. The smallest absolute Gasteiger partial charge is 0.247 e. The minimum absolute atomic E-state index is 0.0822. The number of phenolic OH excluding ortho intramolecular Hbond substituents is 1. The minimum Gasteiger partial charge on any atom is -0.506 e. The maximum Gasteiger partial charge on any atom is 0.247 e. The average Bonchev–Trinajstić information content (AvgIpc) is 3.03. The molecule has 0 aliphatic rings. The van der Waals surface area contributed by atoms with Crippen molar-refractivity contribution >= 4 is 17.3 Å². The molecule has 21 heavy (non-hydrogen) atoms. The van der Waals surface area contributed by atoms with Gasteiger partial charge in [-0.3, -0.25) is 0 Å². The molecular formula is C15H12ClN3O2. The third-order valence-corrected chi connectivity index (χ3v) is 3.28. The average molecular weight is 302 g/mol. The number of hydrogen-bond donors (Lipinski definition) is 2. The van der Waals surface area contributed by atoms with E-state index in [9.17, 15) is 5.11 Å². The fourth-order valence-corrected chi connectivity index (χ4v) is 2.13. The first-order chi connectivity index (χ1) is 10.2. The Morgan fingerprint density at radius 3 is 2.86 bits per heavy atom. The Labute approximate surface area is 126 Å². The van der Waals surface area contributed by atoms with E-state index < -0.39 is 0 Å². The van der Waals surface area contributed by atoms with E-state index in [0.717, 1.165) is 16.8 Å². The van der Waals surface area contributed by atoms with Crippen LogP contribution in [-0.4, -0.2) is 15.3 Å². The number of aromatic nitrogens is 2. The zero-order valence-electron chi connectivity index (χ0n) is 11.0. The zero-order chi connectivity index (χ0) is 14.7. The van der Waals surface area contributed by atoms with Crippen LogP contribution >= 0.6 is 11.6 Å². The molecular weight excluding hydrogens is 290 g/mol. The highest BCUT2D eigenvalue weighted by Gasteiger charge is 2.04. The van der Waals surface area contributed by atoms with E-state index in [-0.39, 0.29) is 5.75 Å². The Bertz CT molecular complexity index is 744.